The van der Waals surface area contributed by atoms with Crippen molar-refractivity contribution < 1.29 is 8.42 Å². The van der Waals surface area contributed by atoms with Gasteiger partial charge in [0.25, 0.3) is 0 Å². The minimum atomic E-state index is -3.55. The minimum Gasteiger partial charge on any atom is -0.356 e. The van der Waals surface area contributed by atoms with Crippen molar-refractivity contribution >= 4 is 32.4 Å². The summed E-state index contributed by atoms with van der Waals surface area (Å²) in [6.45, 7) is 4.17. The Labute approximate surface area is 177 Å². The van der Waals surface area contributed by atoms with Crippen LogP contribution in [-0.2, 0) is 10.0 Å². The van der Waals surface area contributed by atoms with Crippen LogP contribution in [0.25, 0.3) is 10.8 Å². The van der Waals surface area contributed by atoms with Gasteiger partial charge in [-0.3, -0.25) is 0 Å². The van der Waals surface area contributed by atoms with Crippen molar-refractivity contribution in [1.82, 2.24) is 14.3 Å². The molecule has 0 unspecified atom stereocenters. The van der Waals surface area contributed by atoms with Crippen molar-refractivity contribution in [1.29, 1.82) is 0 Å². The van der Waals surface area contributed by atoms with Gasteiger partial charge in [0.15, 0.2) is 0 Å². The number of sulfonamides is 1. The van der Waals surface area contributed by atoms with Crippen molar-refractivity contribution in [2.75, 3.05) is 49.1 Å². The Hall–Kier alpha value is -2.71. The van der Waals surface area contributed by atoms with Crippen molar-refractivity contribution in [2.24, 2.45) is 0 Å². The number of fused-ring (bicyclic) bond motifs is 1. The molecule has 2 aromatic carbocycles. The molecule has 8 heteroatoms. The average Bonchev–Trinajstić information content (AvgIpc) is 3.34. The molecule has 5 rings (SSSR count). The second-order valence-electron chi connectivity index (χ2n) is 7.80. The number of nitrogens with zero attached hydrogens (tertiary/aromatic N) is 5. The van der Waals surface area contributed by atoms with Crippen LogP contribution in [0.2, 0.25) is 0 Å². The molecule has 0 radical (unpaired) electrons. The van der Waals surface area contributed by atoms with E-state index in [2.05, 4.69) is 19.8 Å². The lowest BCUT2D eigenvalue weighted by Crippen LogP contribution is -2.49. The molecule has 2 fully saturated rings. The van der Waals surface area contributed by atoms with Gasteiger partial charge in [-0.05, 0) is 24.3 Å². The van der Waals surface area contributed by atoms with Gasteiger partial charge in [0.1, 0.15) is 18.0 Å². The first kappa shape index (κ1) is 19.3. The predicted octanol–water partition coefficient (Wildman–Crippen LogP) is 2.74. The van der Waals surface area contributed by atoms with E-state index >= 15 is 0 Å². The van der Waals surface area contributed by atoms with Crippen LogP contribution < -0.4 is 9.80 Å². The summed E-state index contributed by atoms with van der Waals surface area (Å²) in [7, 11) is -3.55. The minimum absolute atomic E-state index is 0.382. The summed E-state index contributed by atoms with van der Waals surface area (Å²) >= 11 is 0. The summed E-state index contributed by atoms with van der Waals surface area (Å²) in [6, 6.07) is 15.1. The van der Waals surface area contributed by atoms with Gasteiger partial charge in [0.2, 0.25) is 10.0 Å². The van der Waals surface area contributed by atoms with E-state index in [9.17, 15) is 8.42 Å². The summed E-state index contributed by atoms with van der Waals surface area (Å²) in [5, 5.41) is 1.71. The van der Waals surface area contributed by atoms with E-state index in [-0.39, 0.29) is 0 Å². The molecular formula is C22H25N5O2S. The van der Waals surface area contributed by atoms with E-state index in [1.807, 2.05) is 42.5 Å². The Bertz CT molecular complexity index is 1150. The Morgan fingerprint density at radius 3 is 2.10 bits per heavy atom. The number of benzene rings is 2. The molecule has 0 spiro atoms. The second kappa shape index (κ2) is 7.85. The van der Waals surface area contributed by atoms with Crippen LogP contribution in [0.4, 0.5) is 11.6 Å². The molecule has 2 aliphatic heterocycles. The van der Waals surface area contributed by atoms with Crippen LogP contribution in [0, 0.1) is 0 Å². The number of anilines is 2. The summed E-state index contributed by atoms with van der Waals surface area (Å²) in [5.74, 6) is 1.83. The lowest BCUT2D eigenvalue weighted by Gasteiger charge is -2.35. The number of aromatic nitrogens is 2. The Kier molecular flexibility index (Phi) is 5.04. The number of hydrogen-bond donors (Lipinski definition) is 0. The van der Waals surface area contributed by atoms with Gasteiger partial charge in [-0.15, -0.1) is 0 Å². The summed E-state index contributed by atoms with van der Waals surface area (Å²) < 4.78 is 28.3. The molecule has 3 heterocycles. The van der Waals surface area contributed by atoms with Crippen LogP contribution in [0.15, 0.2) is 59.8 Å². The summed E-state index contributed by atoms with van der Waals surface area (Å²) in [6.07, 6.45) is 4.01. The van der Waals surface area contributed by atoms with Gasteiger partial charge < -0.3 is 9.80 Å². The maximum absolute atomic E-state index is 13.3. The quantitative estimate of drug-likeness (QED) is 0.643. The normalized spacial score (nSPS) is 18.3. The van der Waals surface area contributed by atoms with Gasteiger partial charge in [-0.1, -0.05) is 36.4 Å². The Morgan fingerprint density at radius 2 is 1.37 bits per heavy atom. The van der Waals surface area contributed by atoms with Crippen molar-refractivity contribution in [3.05, 3.63) is 54.9 Å². The molecular weight excluding hydrogens is 398 g/mol. The van der Waals surface area contributed by atoms with Crippen LogP contribution >= 0.6 is 0 Å². The van der Waals surface area contributed by atoms with E-state index in [0.29, 0.717) is 31.1 Å². The zero-order valence-electron chi connectivity index (χ0n) is 16.8. The van der Waals surface area contributed by atoms with Crippen LogP contribution in [0.1, 0.15) is 12.8 Å². The molecule has 0 atom stereocenters. The lowest BCUT2D eigenvalue weighted by atomic mass is 10.1. The SMILES string of the molecule is O=S(=O)(c1cccc2ccccc12)N1CCN(c2cc(N3CCCC3)ncn2)CC1. The molecule has 7 nitrogen and oxygen atoms in total. The molecule has 3 aromatic rings. The highest BCUT2D eigenvalue weighted by molar-refractivity contribution is 7.89. The summed E-state index contributed by atoms with van der Waals surface area (Å²) in [4.78, 5) is 13.7. The van der Waals surface area contributed by atoms with Crippen molar-refractivity contribution in [3.63, 3.8) is 0 Å². The summed E-state index contributed by atoms with van der Waals surface area (Å²) in [5.41, 5.74) is 0. The topological polar surface area (TPSA) is 69.6 Å². The molecule has 0 aliphatic carbocycles. The third-order valence-corrected chi connectivity index (χ3v) is 7.96. The first-order chi connectivity index (χ1) is 14.6. The fourth-order valence-corrected chi connectivity index (χ4v) is 5.98. The maximum atomic E-state index is 13.3. The van der Waals surface area contributed by atoms with Gasteiger partial charge in [0.05, 0.1) is 4.90 Å². The third-order valence-electron chi connectivity index (χ3n) is 6.00. The molecule has 0 N–H and O–H groups in total. The van der Waals surface area contributed by atoms with Crippen LogP contribution in [0.3, 0.4) is 0 Å². The van der Waals surface area contributed by atoms with Crippen LogP contribution in [0.5, 0.6) is 0 Å². The monoisotopic (exact) mass is 423 g/mol. The van der Waals surface area contributed by atoms with Crippen LogP contribution in [-0.4, -0.2) is 62.0 Å². The third kappa shape index (κ3) is 3.50. The zero-order chi connectivity index (χ0) is 20.6. The highest BCUT2D eigenvalue weighted by Crippen LogP contribution is 2.27. The van der Waals surface area contributed by atoms with Crippen molar-refractivity contribution in [3.8, 4) is 0 Å². The van der Waals surface area contributed by atoms with Crippen molar-refractivity contribution in [2.45, 2.75) is 17.7 Å². The lowest BCUT2D eigenvalue weighted by molar-refractivity contribution is 0.384. The number of hydrogen-bond acceptors (Lipinski definition) is 6. The first-order valence-corrected chi connectivity index (χ1v) is 11.9. The van der Waals surface area contributed by atoms with E-state index < -0.39 is 10.0 Å². The van der Waals surface area contributed by atoms with E-state index in [4.69, 9.17) is 0 Å². The fourth-order valence-electron chi connectivity index (χ4n) is 4.35. The van der Waals surface area contributed by atoms with E-state index in [0.717, 1.165) is 35.5 Å². The largest absolute Gasteiger partial charge is 0.356 e. The van der Waals surface area contributed by atoms with Gasteiger partial charge in [-0.2, -0.15) is 4.31 Å². The van der Waals surface area contributed by atoms with E-state index in [1.54, 1.807) is 16.7 Å². The first-order valence-electron chi connectivity index (χ1n) is 10.4. The molecule has 0 bridgehead atoms. The van der Waals surface area contributed by atoms with E-state index in [1.165, 1.54) is 12.8 Å². The number of piperazine rings is 1. The molecule has 1 aromatic heterocycles. The highest BCUT2D eigenvalue weighted by atomic mass is 32.2. The fraction of sp³-hybridized carbons (Fsp3) is 0.364. The van der Waals surface area contributed by atoms with Gasteiger partial charge in [-0.25, -0.2) is 18.4 Å². The number of rotatable bonds is 4. The molecule has 2 saturated heterocycles. The standard InChI is InChI=1S/C22H25N5O2S/c28-30(29,20-9-5-7-18-6-1-2-8-19(18)20)27-14-12-26(13-15-27)22-16-21(23-17-24-22)25-10-3-4-11-25/h1-2,5-9,16-17H,3-4,10-15H2. The molecule has 0 amide bonds. The van der Waals surface area contributed by atoms with Gasteiger partial charge >= 0.3 is 0 Å². The maximum Gasteiger partial charge on any atom is 0.243 e. The highest BCUT2D eigenvalue weighted by Gasteiger charge is 2.30. The molecule has 30 heavy (non-hydrogen) atoms. The average molecular weight is 424 g/mol. The Balaban J connectivity index is 1.34. The zero-order valence-corrected chi connectivity index (χ0v) is 17.6. The van der Waals surface area contributed by atoms with Gasteiger partial charge in [0, 0.05) is 50.7 Å². The molecule has 2 aliphatic rings. The molecule has 156 valence electrons. The Morgan fingerprint density at radius 1 is 0.733 bits per heavy atom. The second-order valence-corrected chi connectivity index (χ2v) is 9.70. The smallest absolute Gasteiger partial charge is 0.243 e. The predicted molar refractivity (Wildman–Crippen MR) is 118 cm³/mol. The molecule has 0 saturated carbocycles.